The molecular formula is C14H24N4OS. The summed E-state index contributed by atoms with van der Waals surface area (Å²) in [5.74, 6) is 2.42. The summed E-state index contributed by atoms with van der Waals surface area (Å²) in [5, 5.41) is 7.33. The summed E-state index contributed by atoms with van der Waals surface area (Å²) in [6.07, 6.45) is 7.32. The maximum atomic E-state index is 5.13. The fourth-order valence-electron chi connectivity index (χ4n) is 2.63. The van der Waals surface area contributed by atoms with E-state index in [1.54, 1.807) is 7.11 Å². The molecule has 112 valence electrons. The molecule has 1 aliphatic rings. The molecule has 5 nitrogen and oxygen atoms in total. The van der Waals surface area contributed by atoms with E-state index in [1.807, 2.05) is 24.9 Å². The van der Waals surface area contributed by atoms with Gasteiger partial charge in [0.05, 0.1) is 0 Å². The van der Waals surface area contributed by atoms with Crippen LogP contribution < -0.4 is 10.6 Å². The third-order valence-electron chi connectivity index (χ3n) is 3.64. The van der Waals surface area contributed by atoms with Crippen LogP contribution in [0, 0.1) is 0 Å². The Balaban J connectivity index is 2.12. The monoisotopic (exact) mass is 296 g/mol. The van der Waals surface area contributed by atoms with Gasteiger partial charge >= 0.3 is 0 Å². The highest BCUT2D eigenvalue weighted by Crippen LogP contribution is 2.29. The second-order valence-corrected chi connectivity index (χ2v) is 6.12. The molecule has 0 spiro atoms. The van der Waals surface area contributed by atoms with E-state index in [1.165, 1.54) is 25.7 Å². The SMILES string of the molecule is CNc1cc(NC2CCCCC2SC)nc(COC)n1. The van der Waals surface area contributed by atoms with Crippen LogP contribution >= 0.6 is 11.8 Å². The zero-order valence-electron chi connectivity index (χ0n) is 12.5. The van der Waals surface area contributed by atoms with Crippen molar-refractivity contribution in [1.29, 1.82) is 0 Å². The Morgan fingerprint density at radius 3 is 2.75 bits per heavy atom. The van der Waals surface area contributed by atoms with Gasteiger partial charge in [-0.25, -0.2) is 9.97 Å². The normalized spacial score (nSPS) is 22.6. The largest absolute Gasteiger partial charge is 0.377 e. The van der Waals surface area contributed by atoms with E-state index in [4.69, 9.17) is 4.74 Å². The van der Waals surface area contributed by atoms with Gasteiger partial charge < -0.3 is 15.4 Å². The quantitative estimate of drug-likeness (QED) is 0.842. The van der Waals surface area contributed by atoms with Gasteiger partial charge in [-0.1, -0.05) is 12.8 Å². The third kappa shape index (κ3) is 3.99. The number of hydrogen-bond donors (Lipinski definition) is 2. The van der Waals surface area contributed by atoms with Crippen LogP contribution in [-0.2, 0) is 11.3 Å². The second kappa shape index (κ2) is 7.69. The standard InChI is InChI=1S/C14H24N4OS/c1-15-12-8-13(18-14(17-12)9-19-2)16-10-6-4-5-7-11(10)20-3/h8,10-11H,4-7,9H2,1-3H3,(H2,15,16,17,18). The average molecular weight is 296 g/mol. The van der Waals surface area contributed by atoms with Crippen LogP contribution in [0.5, 0.6) is 0 Å². The van der Waals surface area contributed by atoms with E-state index in [0.717, 1.165) is 11.6 Å². The maximum absolute atomic E-state index is 5.13. The summed E-state index contributed by atoms with van der Waals surface area (Å²) in [6, 6.07) is 2.46. The van der Waals surface area contributed by atoms with E-state index >= 15 is 0 Å². The molecule has 0 bridgehead atoms. The van der Waals surface area contributed by atoms with E-state index in [0.29, 0.717) is 23.7 Å². The molecule has 2 rings (SSSR count). The van der Waals surface area contributed by atoms with Crippen LogP contribution in [0.1, 0.15) is 31.5 Å². The molecule has 2 unspecified atom stereocenters. The lowest BCUT2D eigenvalue weighted by Gasteiger charge is -2.31. The number of thioether (sulfide) groups is 1. The molecule has 1 aliphatic carbocycles. The molecule has 0 aliphatic heterocycles. The third-order valence-corrected chi connectivity index (χ3v) is 4.81. The summed E-state index contributed by atoms with van der Waals surface area (Å²) in [4.78, 5) is 8.92. The van der Waals surface area contributed by atoms with Gasteiger partial charge in [-0.05, 0) is 19.1 Å². The maximum Gasteiger partial charge on any atom is 0.158 e. The van der Waals surface area contributed by atoms with Crippen molar-refractivity contribution in [2.24, 2.45) is 0 Å². The molecule has 1 heterocycles. The zero-order valence-corrected chi connectivity index (χ0v) is 13.3. The predicted octanol–water partition coefficient (Wildman–Crippen LogP) is 2.75. The van der Waals surface area contributed by atoms with Crippen LogP contribution in [-0.4, -0.2) is 41.7 Å². The van der Waals surface area contributed by atoms with E-state index in [-0.39, 0.29) is 0 Å². The minimum atomic E-state index is 0.431. The molecule has 0 saturated heterocycles. The Hall–Kier alpha value is -1.01. The van der Waals surface area contributed by atoms with E-state index < -0.39 is 0 Å². The topological polar surface area (TPSA) is 59.1 Å². The number of hydrogen-bond acceptors (Lipinski definition) is 6. The summed E-state index contributed by atoms with van der Waals surface area (Å²) in [5.41, 5.74) is 0. The lowest BCUT2D eigenvalue weighted by Crippen LogP contribution is -2.34. The van der Waals surface area contributed by atoms with Crippen molar-refractivity contribution in [3.63, 3.8) is 0 Å². The summed E-state index contributed by atoms with van der Waals surface area (Å²) >= 11 is 1.95. The Labute approximate surface area is 125 Å². The number of methoxy groups -OCH3 is 1. The molecule has 1 aromatic rings. The minimum absolute atomic E-state index is 0.431. The lowest BCUT2D eigenvalue weighted by molar-refractivity contribution is 0.178. The fourth-order valence-corrected chi connectivity index (χ4v) is 3.56. The molecule has 6 heteroatoms. The van der Waals surface area contributed by atoms with Crippen LogP contribution in [0.4, 0.5) is 11.6 Å². The Kier molecular flexibility index (Phi) is 5.91. The van der Waals surface area contributed by atoms with Gasteiger partial charge in [0.15, 0.2) is 5.82 Å². The highest BCUT2D eigenvalue weighted by Gasteiger charge is 2.24. The lowest BCUT2D eigenvalue weighted by atomic mass is 9.95. The van der Waals surface area contributed by atoms with E-state index in [2.05, 4.69) is 26.9 Å². The highest BCUT2D eigenvalue weighted by atomic mass is 32.2. The van der Waals surface area contributed by atoms with Crippen molar-refractivity contribution >= 4 is 23.4 Å². The summed E-state index contributed by atoms with van der Waals surface area (Å²) < 4.78 is 5.13. The van der Waals surface area contributed by atoms with Crippen LogP contribution in [0.3, 0.4) is 0 Å². The predicted molar refractivity (Wildman–Crippen MR) is 85.5 cm³/mol. The molecule has 1 saturated carbocycles. The summed E-state index contributed by atoms with van der Waals surface area (Å²) in [7, 11) is 3.53. The number of ether oxygens (including phenoxy) is 1. The first-order valence-corrected chi connectivity index (χ1v) is 8.39. The van der Waals surface area contributed by atoms with Gasteiger partial charge in [0, 0.05) is 31.5 Å². The van der Waals surface area contributed by atoms with Gasteiger partial charge in [0.25, 0.3) is 0 Å². The first-order chi connectivity index (χ1) is 9.76. The van der Waals surface area contributed by atoms with Crippen LogP contribution in [0.25, 0.3) is 0 Å². The number of rotatable bonds is 6. The van der Waals surface area contributed by atoms with Gasteiger partial charge in [0.2, 0.25) is 0 Å². The number of aromatic nitrogens is 2. The van der Waals surface area contributed by atoms with Gasteiger partial charge in [-0.15, -0.1) is 0 Å². The van der Waals surface area contributed by atoms with Crippen molar-refractivity contribution < 1.29 is 4.74 Å². The first kappa shape index (κ1) is 15.4. The minimum Gasteiger partial charge on any atom is -0.377 e. The molecule has 20 heavy (non-hydrogen) atoms. The van der Waals surface area contributed by atoms with Crippen molar-refractivity contribution in [1.82, 2.24) is 9.97 Å². The average Bonchev–Trinajstić information content (AvgIpc) is 2.48. The van der Waals surface area contributed by atoms with Gasteiger partial charge in [-0.3, -0.25) is 0 Å². The van der Waals surface area contributed by atoms with E-state index in [9.17, 15) is 0 Å². The molecule has 2 atom stereocenters. The Bertz CT molecular complexity index is 430. The number of nitrogens with one attached hydrogen (secondary N) is 2. The number of nitrogens with zero attached hydrogens (tertiary/aromatic N) is 2. The Morgan fingerprint density at radius 1 is 1.30 bits per heavy atom. The van der Waals surface area contributed by atoms with Crippen molar-refractivity contribution in [2.75, 3.05) is 31.0 Å². The molecule has 0 amide bonds. The Morgan fingerprint density at radius 2 is 2.05 bits per heavy atom. The smallest absolute Gasteiger partial charge is 0.158 e. The van der Waals surface area contributed by atoms with Crippen molar-refractivity contribution in [2.45, 2.75) is 43.6 Å². The highest BCUT2D eigenvalue weighted by molar-refractivity contribution is 7.99. The van der Waals surface area contributed by atoms with Crippen molar-refractivity contribution in [3.05, 3.63) is 11.9 Å². The zero-order chi connectivity index (χ0) is 14.4. The van der Waals surface area contributed by atoms with Crippen LogP contribution in [0.2, 0.25) is 0 Å². The summed E-state index contributed by atoms with van der Waals surface area (Å²) in [6.45, 7) is 0.431. The second-order valence-electron chi connectivity index (χ2n) is 5.05. The number of anilines is 2. The van der Waals surface area contributed by atoms with Gasteiger partial charge in [0.1, 0.15) is 18.2 Å². The molecule has 1 aromatic heterocycles. The molecule has 0 aromatic carbocycles. The van der Waals surface area contributed by atoms with Gasteiger partial charge in [-0.2, -0.15) is 11.8 Å². The fraction of sp³-hybridized carbons (Fsp3) is 0.714. The molecule has 2 N–H and O–H groups in total. The molecule has 0 radical (unpaired) electrons. The first-order valence-electron chi connectivity index (χ1n) is 7.10. The van der Waals surface area contributed by atoms with Crippen LogP contribution in [0.15, 0.2) is 6.07 Å². The van der Waals surface area contributed by atoms with Crippen molar-refractivity contribution in [3.8, 4) is 0 Å². The molecule has 1 fully saturated rings. The molecular weight excluding hydrogens is 272 g/mol.